The molecule has 4 heteroatoms. The van der Waals surface area contributed by atoms with Crippen molar-refractivity contribution in [3.8, 4) is 22.6 Å². The topological polar surface area (TPSA) is 44.8 Å². The van der Waals surface area contributed by atoms with Crippen molar-refractivity contribution in [1.82, 2.24) is 0 Å². The van der Waals surface area contributed by atoms with Crippen molar-refractivity contribution in [1.29, 1.82) is 0 Å². The van der Waals surface area contributed by atoms with Crippen LogP contribution in [0.25, 0.3) is 17.2 Å². The summed E-state index contributed by atoms with van der Waals surface area (Å²) in [7, 11) is 1.38. The second-order valence-corrected chi connectivity index (χ2v) is 5.36. The van der Waals surface area contributed by atoms with Gasteiger partial charge in [-0.15, -0.1) is 0 Å². The lowest BCUT2D eigenvalue weighted by Crippen LogP contribution is -2.02. The molecule has 1 aliphatic heterocycles. The summed E-state index contributed by atoms with van der Waals surface area (Å²) < 4.78 is 15.8. The van der Waals surface area contributed by atoms with Crippen LogP contribution in [0.4, 0.5) is 0 Å². The van der Waals surface area contributed by atoms with Crippen LogP contribution in [0.3, 0.4) is 0 Å². The maximum absolute atomic E-state index is 11.9. The molecule has 0 radical (unpaired) electrons. The summed E-state index contributed by atoms with van der Waals surface area (Å²) in [5.41, 5.74) is 4.38. The van der Waals surface area contributed by atoms with E-state index in [2.05, 4.69) is 0 Å². The highest BCUT2D eigenvalue weighted by Gasteiger charge is 2.18. The zero-order chi connectivity index (χ0) is 16.4. The Morgan fingerprint density at radius 1 is 1.13 bits per heavy atom. The highest BCUT2D eigenvalue weighted by atomic mass is 16.7. The predicted molar refractivity (Wildman–Crippen MR) is 88.8 cm³/mol. The summed E-state index contributed by atoms with van der Waals surface area (Å²) in [4.78, 5) is 11.9. The van der Waals surface area contributed by atoms with Crippen LogP contribution in [-0.2, 0) is 4.74 Å². The lowest BCUT2D eigenvalue weighted by atomic mass is 9.97. The third-order valence-corrected chi connectivity index (χ3v) is 3.73. The Kier molecular flexibility index (Phi) is 4.06. The summed E-state index contributed by atoms with van der Waals surface area (Å²) in [5.74, 6) is 1.16. The fourth-order valence-electron chi connectivity index (χ4n) is 2.69. The van der Waals surface area contributed by atoms with Gasteiger partial charge in [0.25, 0.3) is 0 Å². The van der Waals surface area contributed by atoms with Gasteiger partial charge in [0.1, 0.15) is 0 Å². The van der Waals surface area contributed by atoms with Gasteiger partial charge in [-0.2, -0.15) is 0 Å². The molecule has 0 spiro atoms. The standard InChI is InChI=1S/C19H18O4/c1-4-5-13-7-15(9-16(8-13)19(20)21-3)14-6-12(2)18-17(10-14)22-11-23-18/h4-10H,11H2,1-3H3. The SMILES string of the molecule is CC=Cc1cc(C(=O)OC)cc(-c2cc(C)c3c(c2)OCO3)c1. The molecule has 0 bridgehead atoms. The molecule has 23 heavy (non-hydrogen) atoms. The summed E-state index contributed by atoms with van der Waals surface area (Å²) >= 11 is 0. The van der Waals surface area contributed by atoms with E-state index >= 15 is 0 Å². The summed E-state index contributed by atoms with van der Waals surface area (Å²) in [6.07, 6.45) is 3.89. The number of aryl methyl sites for hydroxylation is 1. The van der Waals surface area contributed by atoms with Gasteiger partial charge in [-0.1, -0.05) is 12.2 Å². The van der Waals surface area contributed by atoms with Crippen molar-refractivity contribution in [3.63, 3.8) is 0 Å². The molecule has 0 aliphatic carbocycles. The maximum Gasteiger partial charge on any atom is 0.337 e. The second kappa shape index (κ2) is 6.16. The molecule has 0 atom stereocenters. The lowest BCUT2D eigenvalue weighted by molar-refractivity contribution is 0.0600. The number of rotatable bonds is 3. The predicted octanol–water partition coefficient (Wildman–Crippen LogP) is 4.21. The number of ether oxygens (including phenoxy) is 3. The molecule has 2 aromatic carbocycles. The number of methoxy groups -OCH3 is 1. The maximum atomic E-state index is 11.9. The van der Waals surface area contributed by atoms with Gasteiger partial charge in [-0.25, -0.2) is 4.79 Å². The van der Waals surface area contributed by atoms with Gasteiger partial charge in [-0.05, 0) is 66.4 Å². The van der Waals surface area contributed by atoms with Crippen molar-refractivity contribution >= 4 is 12.0 Å². The second-order valence-electron chi connectivity index (χ2n) is 5.36. The van der Waals surface area contributed by atoms with Crippen LogP contribution in [0.5, 0.6) is 11.5 Å². The van der Waals surface area contributed by atoms with Gasteiger partial charge < -0.3 is 14.2 Å². The fourth-order valence-corrected chi connectivity index (χ4v) is 2.69. The summed E-state index contributed by atoms with van der Waals surface area (Å²) in [6, 6.07) is 9.64. The highest BCUT2D eigenvalue weighted by Crippen LogP contribution is 2.39. The van der Waals surface area contributed by atoms with Crippen molar-refractivity contribution in [2.24, 2.45) is 0 Å². The lowest BCUT2D eigenvalue weighted by Gasteiger charge is -2.09. The van der Waals surface area contributed by atoms with Crippen molar-refractivity contribution in [2.75, 3.05) is 13.9 Å². The summed E-state index contributed by atoms with van der Waals surface area (Å²) in [5, 5.41) is 0. The number of benzene rings is 2. The molecule has 0 fully saturated rings. The average Bonchev–Trinajstić information content (AvgIpc) is 3.03. The van der Waals surface area contributed by atoms with Crippen LogP contribution in [0.15, 0.2) is 36.4 Å². The largest absolute Gasteiger partial charge is 0.465 e. The number of allylic oxidation sites excluding steroid dienone is 1. The Morgan fingerprint density at radius 2 is 1.91 bits per heavy atom. The molecule has 0 aromatic heterocycles. The normalized spacial score (nSPS) is 12.7. The minimum Gasteiger partial charge on any atom is -0.465 e. The highest BCUT2D eigenvalue weighted by molar-refractivity contribution is 5.92. The van der Waals surface area contributed by atoms with Crippen LogP contribution in [-0.4, -0.2) is 19.9 Å². The minimum absolute atomic E-state index is 0.242. The third kappa shape index (κ3) is 2.93. The molecule has 2 aromatic rings. The smallest absolute Gasteiger partial charge is 0.337 e. The number of carbonyl (C=O) groups excluding carboxylic acids is 1. The third-order valence-electron chi connectivity index (χ3n) is 3.73. The Hall–Kier alpha value is -2.75. The number of fused-ring (bicyclic) bond motifs is 1. The minimum atomic E-state index is -0.352. The van der Waals surface area contributed by atoms with E-state index in [1.807, 2.05) is 56.3 Å². The summed E-state index contributed by atoms with van der Waals surface area (Å²) in [6.45, 7) is 4.16. The van der Waals surface area contributed by atoms with Gasteiger partial charge in [0.2, 0.25) is 6.79 Å². The Bertz CT molecular complexity index is 790. The first kappa shape index (κ1) is 15.2. The number of hydrogen-bond acceptors (Lipinski definition) is 4. The van der Waals surface area contributed by atoms with E-state index in [9.17, 15) is 4.79 Å². The average molecular weight is 310 g/mol. The van der Waals surface area contributed by atoms with E-state index in [-0.39, 0.29) is 12.8 Å². The molecular formula is C19H18O4. The van der Waals surface area contributed by atoms with Gasteiger partial charge in [0.05, 0.1) is 12.7 Å². The molecule has 0 N–H and O–H groups in total. The van der Waals surface area contributed by atoms with E-state index in [1.165, 1.54) is 7.11 Å². The van der Waals surface area contributed by atoms with Crippen LogP contribution >= 0.6 is 0 Å². The van der Waals surface area contributed by atoms with Crippen molar-refractivity contribution in [3.05, 3.63) is 53.1 Å². The molecule has 4 nitrogen and oxygen atoms in total. The molecule has 0 unspecified atom stereocenters. The zero-order valence-electron chi connectivity index (χ0n) is 13.4. The van der Waals surface area contributed by atoms with Gasteiger partial charge in [0, 0.05) is 0 Å². The Labute approximate surface area is 135 Å². The molecule has 118 valence electrons. The van der Waals surface area contributed by atoms with Crippen molar-refractivity contribution in [2.45, 2.75) is 13.8 Å². The molecular weight excluding hydrogens is 292 g/mol. The Balaban J connectivity index is 2.13. The van der Waals surface area contributed by atoms with Gasteiger partial charge in [0.15, 0.2) is 11.5 Å². The molecule has 1 heterocycles. The van der Waals surface area contributed by atoms with E-state index in [0.29, 0.717) is 5.56 Å². The Morgan fingerprint density at radius 3 is 2.65 bits per heavy atom. The van der Waals surface area contributed by atoms with E-state index in [0.717, 1.165) is 33.8 Å². The molecule has 3 rings (SSSR count). The van der Waals surface area contributed by atoms with Crippen molar-refractivity contribution < 1.29 is 19.0 Å². The van der Waals surface area contributed by atoms with E-state index < -0.39 is 0 Å². The van der Waals surface area contributed by atoms with Crippen LogP contribution in [0, 0.1) is 6.92 Å². The fraction of sp³-hybridized carbons (Fsp3) is 0.211. The quantitative estimate of drug-likeness (QED) is 0.797. The number of carbonyl (C=O) groups is 1. The van der Waals surface area contributed by atoms with Crippen LogP contribution < -0.4 is 9.47 Å². The van der Waals surface area contributed by atoms with Crippen LogP contribution in [0.1, 0.15) is 28.4 Å². The van der Waals surface area contributed by atoms with Crippen LogP contribution in [0.2, 0.25) is 0 Å². The molecule has 0 saturated carbocycles. The molecule has 0 saturated heterocycles. The first-order valence-corrected chi connectivity index (χ1v) is 7.39. The number of esters is 1. The van der Waals surface area contributed by atoms with E-state index in [4.69, 9.17) is 14.2 Å². The zero-order valence-corrected chi connectivity index (χ0v) is 13.4. The van der Waals surface area contributed by atoms with Gasteiger partial charge in [-0.3, -0.25) is 0 Å². The first-order chi connectivity index (χ1) is 11.1. The first-order valence-electron chi connectivity index (χ1n) is 7.39. The molecule has 1 aliphatic rings. The molecule has 0 amide bonds. The van der Waals surface area contributed by atoms with Gasteiger partial charge >= 0.3 is 5.97 Å². The number of hydrogen-bond donors (Lipinski definition) is 0. The van der Waals surface area contributed by atoms with E-state index in [1.54, 1.807) is 0 Å². The monoisotopic (exact) mass is 310 g/mol.